The summed E-state index contributed by atoms with van der Waals surface area (Å²) in [6.45, 7) is 5.91. The second-order valence-electron chi connectivity index (χ2n) is 5.80. The molecule has 0 aromatic carbocycles. The van der Waals surface area contributed by atoms with Gasteiger partial charge < -0.3 is 4.57 Å². The molecule has 20 heavy (non-hydrogen) atoms. The van der Waals surface area contributed by atoms with E-state index in [1.54, 1.807) is 6.92 Å². The van der Waals surface area contributed by atoms with Crippen LogP contribution in [0, 0.1) is 13.8 Å². The molecule has 2 nitrogen and oxygen atoms in total. The number of aryl methyl sites for hydroxylation is 1. The Morgan fingerprint density at radius 2 is 1.95 bits per heavy atom. The molecule has 0 aliphatic heterocycles. The largest absolute Gasteiger partial charge is 0.345 e. The van der Waals surface area contributed by atoms with Gasteiger partial charge in [0.15, 0.2) is 5.78 Å². The van der Waals surface area contributed by atoms with Crippen LogP contribution in [-0.2, 0) is 0 Å². The average molecular weight is 314 g/mol. The van der Waals surface area contributed by atoms with E-state index in [9.17, 15) is 4.79 Å². The van der Waals surface area contributed by atoms with Crippen LogP contribution in [0.4, 0.5) is 0 Å². The van der Waals surface area contributed by atoms with E-state index in [-0.39, 0.29) is 5.78 Å². The lowest BCUT2D eigenvalue weighted by Crippen LogP contribution is -2.21. The fraction of sp³-hybridized carbons (Fsp3) is 0.688. The molecule has 1 aliphatic carbocycles. The van der Waals surface area contributed by atoms with E-state index in [4.69, 9.17) is 11.6 Å². The van der Waals surface area contributed by atoms with Crippen LogP contribution >= 0.6 is 23.4 Å². The lowest BCUT2D eigenvalue weighted by Gasteiger charge is -2.30. The number of nitrogens with zero attached hydrogens (tertiary/aromatic N) is 1. The van der Waals surface area contributed by atoms with Crippen LogP contribution in [0.15, 0.2) is 6.07 Å². The Morgan fingerprint density at radius 3 is 2.45 bits per heavy atom. The smallest absolute Gasteiger partial charge is 0.182 e. The number of aromatic nitrogens is 1. The van der Waals surface area contributed by atoms with Crippen molar-refractivity contribution in [2.75, 3.05) is 6.26 Å². The maximum atomic E-state index is 12.2. The number of carbonyl (C=O) groups excluding carboxylic acids is 1. The second kappa shape index (κ2) is 6.57. The van der Waals surface area contributed by atoms with Crippen molar-refractivity contribution in [3.05, 3.63) is 23.0 Å². The van der Waals surface area contributed by atoms with E-state index in [0.717, 1.165) is 16.5 Å². The van der Waals surface area contributed by atoms with E-state index in [1.165, 1.54) is 31.4 Å². The highest BCUT2D eigenvalue weighted by Gasteiger charge is 2.26. The van der Waals surface area contributed by atoms with Crippen molar-refractivity contribution in [3.63, 3.8) is 0 Å². The van der Waals surface area contributed by atoms with Crippen molar-refractivity contribution in [2.45, 2.75) is 63.1 Å². The van der Waals surface area contributed by atoms with Crippen molar-refractivity contribution in [1.82, 2.24) is 4.57 Å². The molecule has 1 atom stereocenters. The number of Topliss-reactive ketones (excluding diaryl/α,β-unsaturated/α-hetero) is 1. The maximum absolute atomic E-state index is 12.2. The van der Waals surface area contributed by atoms with Gasteiger partial charge in [-0.25, -0.2) is 0 Å². The Labute approximate surface area is 131 Å². The maximum Gasteiger partial charge on any atom is 0.182 e. The van der Waals surface area contributed by atoms with Gasteiger partial charge in [0.1, 0.15) is 0 Å². The van der Waals surface area contributed by atoms with Crippen LogP contribution < -0.4 is 0 Å². The highest BCUT2D eigenvalue weighted by Crippen LogP contribution is 2.36. The topological polar surface area (TPSA) is 22.0 Å². The van der Waals surface area contributed by atoms with Gasteiger partial charge in [-0.1, -0.05) is 0 Å². The fourth-order valence-electron chi connectivity index (χ4n) is 3.34. The number of thioether (sulfide) groups is 1. The lowest BCUT2D eigenvalue weighted by atomic mass is 9.94. The van der Waals surface area contributed by atoms with E-state index in [1.807, 2.05) is 17.8 Å². The molecule has 0 amide bonds. The second-order valence-corrected chi connectivity index (χ2v) is 7.59. The first-order valence-corrected chi connectivity index (χ1v) is 9.07. The summed E-state index contributed by atoms with van der Waals surface area (Å²) in [5.41, 5.74) is 3.08. The zero-order valence-corrected chi connectivity index (χ0v) is 14.4. The molecule has 0 N–H and O–H groups in total. The van der Waals surface area contributed by atoms with Crippen LogP contribution in [0.3, 0.4) is 0 Å². The molecular weight excluding hydrogens is 290 g/mol. The van der Waals surface area contributed by atoms with Gasteiger partial charge in [0.25, 0.3) is 0 Å². The molecule has 1 fully saturated rings. The molecule has 0 spiro atoms. The Hall–Kier alpha value is -0.410. The Balaban J connectivity index is 2.23. The molecular formula is C16H24ClNOS. The SMILES string of the molecule is CSC1CCC(n2c(C)cc(C(=O)C(C)Cl)c2C)CC1. The van der Waals surface area contributed by atoms with Crippen LogP contribution in [0.5, 0.6) is 0 Å². The summed E-state index contributed by atoms with van der Waals surface area (Å²) in [6, 6.07) is 2.56. The lowest BCUT2D eigenvalue weighted by molar-refractivity contribution is 0.0991. The first-order valence-electron chi connectivity index (χ1n) is 7.35. The Kier molecular flexibility index (Phi) is 5.25. The number of alkyl halides is 1. The molecule has 0 bridgehead atoms. The van der Waals surface area contributed by atoms with Gasteiger partial charge in [-0.3, -0.25) is 4.79 Å². The quantitative estimate of drug-likeness (QED) is 0.590. The number of halogens is 1. The van der Waals surface area contributed by atoms with Crippen LogP contribution in [-0.4, -0.2) is 27.2 Å². The van der Waals surface area contributed by atoms with Crippen molar-refractivity contribution in [1.29, 1.82) is 0 Å². The van der Waals surface area contributed by atoms with E-state index in [0.29, 0.717) is 6.04 Å². The highest BCUT2D eigenvalue weighted by molar-refractivity contribution is 7.99. The predicted molar refractivity (Wildman–Crippen MR) is 88.4 cm³/mol. The summed E-state index contributed by atoms with van der Waals surface area (Å²) in [4.78, 5) is 12.2. The minimum absolute atomic E-state index is 0.0452. The summed E-state index contributed by atoms with van der Waals surface area (Å²) in [5, 5.41) is 0.363. The van der Waals surface area contributed by atoms with Gasteiger partial charge in [0.05, 0.1) is 5.38 Å². The molecule has 1 heterocycles. The van der Waals surface area contributed by atoms with Crippen molar-refractivity contribution in [2.24, 2.45) is 0 Å². The Bertz CT molecular complexity index is 487. The number of hydrogen-bond donors (Lipinski definition) is 0. The summed E-state index contributed by atoms with van der Waals surface area (Å²) >= 11 is 7.94. The molecule has 1 saturated carbocycles. The number of ketones is 1. The third-order valence-electron chi connectivity index (χ3n) is 4.45. The normalized spacial score (nSPS) is 24.6. The minimum Gasteiger partial charge on any atom is -0.345 e. The van der Waals surface area contributed by atoms with Gasteiger partial charge in [-0.2, -0.15) is 11.8 Å². The van der Waals surface area contributed by atoms with Crippen molar-refractivity contribution in [3.8, 4) is 0 Å². The fourth-order valence-corrected chi connectivity index (χ4v) is 4.20. The first kappa shape index (κ1) is 16.0. The van der Waals surface area contributed by atoms with Gasteiger partial charge in [-0.15, -0.1) is 11.6 Å². The molecule has 0 radical (unpaired) electrons. The van der Waals surface area contributed by atoms with Gasteiger partial charge in [0.2, 0.25) is 0 Å². The number of carbonyl (C=O) groups is 1. The van der Waals surface area contributed by atoms with Gasteiger partial charge >= 0.3 is 0 Å². The van der Waals surface area contributed by atoms with Crippen molar-refractivity contribution < 1.29 is 4.79 Å². The van der Waals surface area contributed by atoms with Crippen LogP contribution in [0.2, 0.25) is 0 Å². The minimum atomic E-state index is -0.448. The molecule has 4 heteroatoms. The third kappa shape index (κ3) is 3.09. The predicted octanol–water partition coefficient (Wildman–Crippen LogP) is 4.76. The summed E-state index contributed by atoms with van der Waals surface area (Å²) < 4.78 is 2.36. The monoisotopic (exact) mass is 313 g/mol. The van der Waals surface area contributed by atoms with Crippen LogP contribution in [0.25, 0.3) is 0 Å². The summed E-state index contributed by atoms with van der Waals surface area (Å²) in [5.74, 6) is 0.0452. The first-order chi connectivity index (χ1) is 9.45. The summed E-state index contributed by atoms with van der Waals surface area (Å²) in [7, 11) is 0. The van der Waals surface area contributed by atoms with E-state index in [2.05, 4.69) is 24.7 Å². The molecule has 1 aromatic heterocycles. The molecule has 1 aliphatic rings. The van der Waals surface area contributed by atoms with E-state index >= 15 is 0 Å². The van der Waals surface area contributed by atoms with Gasteiger partial charge in [-0.05, 0) is 58.8 Å². The highest BCUT2D eigenvalue weighted by atomic mass is 35.5. The zero-order valence-electron chi connectivity index (χ0n) is 12.8. The van der Waals surface area contributed by atoms with Crippen molar-refractivity contribution >= 4 is 29.1 Å². The molecule has 112 valence electrons. The number of hydrogen-bond acceptors (Lipinski definition) is 2. The standard InChI is InChI=1S/C16H24ClNOS/c1-10-9-15(16(19)11(2)17)12(3)18(10)13-5-7-14(20-4)8-6-13/h9,11,13-14H,5-8H2,1-4H3. The van der Waals surface area contributed by atoms with Gasteiger partial charge in [0, 0.05) is 28.2 Å². The third-order valence-corrected chi connectivity index (χ3v) is 5.79. The molecule has 1 unspecified atom stereocenters. The number of rotatable bonds is 4. The molecule has 0 saturated heterocycles. The zero-order chi connectivity index (χ0) is 14.9. The average Bonchev–Trinajstić information content (AvgIpc) is 2.73. The van der Waals surface area contributed by atoms with E-state index < -0.39 is 5.38 Å². The summed E-state index contributed by atoms with van der Waals surface area (Å²) in [6.07, 6.45) is 7.18. The molecule has 1 aromatic rings. The Morgan fingerprint density at radius 1 is 1.35 bits per heavy atom. The molecule has 2 rings (SSSR count). The van der Waals surface area contributed by atoms with Crippen LogP contribution in [0.1, 0.15) is 60.4 Å².